The molecule has 0 spiro atoms. The summed E-state index contributed by atoms with van der Waals surface area (Å²) in [5.41, 5.74) is 4.11. The minimum Gasteiger partial charge on any atom is -0.345 e. The van der Waals surface area contributed by atoms with Gasteiger partial charge >= 0.3 is 6.18 Å². The number of halogens is 3. The highest BCUT2D eigenvalue weighted by Gasteiger charge is 2.32. The Balaban J connectivity index is 2.99. The van der Waals surface area contributed by atoms with E-state index in [4.69, 9.17) is 5.73 Å². The molecule has 0 aliphatic carbocycles. The van der Waals surface area contributed by atoms with Gasteiger partial charge < -0.3 is 11.1 Å². The van der Waals surface area contributed by atoms with Crippen LogP contribution in [-0.2, 0) is 6.18 Å². The number of amides is 1. The molecule has 1 rings (SSSR count). The summed E-state index contributed by atoms with van der Waals surface area (Å²) in [6.07, 6.45) is -4.47. The van der Waals surface area contributed by atoms with Crippen LogP contribution in [-0.4, -0.2) is 18.0 Å². The molecule has 1 unspecified atom stereocenters. The molecule has 0 aliphatic heterocycles. The van der Waals surface area contributed by atoms with Crippen molar-refractivity contribution in [1.82, 2.24) is 5.32 Å². The van der Waals surface area contributed by atoms with Crippen molar-refractivity contribution in [2.45, 2.75) is 32.5 Å². The van der Waals surface area contributed by atoms with Crippen molar-refractivity contribution in [3.8, 4) is 0 Å². The number of carbonyl (C=O) groups excluding carboxylic acids is 1. The van der Waals surface area contributed by atoms with Gasteiger partial charge in [-0.25, -0.2) is 0 Å². The van der Waals surface area contributed by atoms with Crippen LogP contribution in [0.1, 0.15) is 36.7 Å². The van der Waals surface area contributed by atoms with Gasteiger partial charge in [0.2, 0.25) is 0 Å². The number of rotatable bonds is 4. The molecular formula is C14H19F3N2O. The van der Waals surface area contributed by atoms with E-state index in [1.165, 1.54) is 12.1 Å². The van der Waals surface area contributed by atoms with E-state index in [2.05, 4.69) is 5.32 Å². The van der Waals surface area contributed by atoms with Crippen LogP contribution in [0.3, 0.4) is 0 Å². The Bertz CT molecular complexity index is 486. The molecule has 0 radical (unpaired) electrons. The van der Waals surface area contributed by atoms with E-state index in [0.717, 1.165) is 12.1 Å². The summed E-state index contributed by atoms with van der Waals surface area (Å²) in [7, 11) is 0. The van der Waals surface area contributed by atoms with Crippen LogP contribution >= 0.6 is 0 Å². The molecule has 0 bridgehead atoms. The second kappa shape index (κ2) is 5.83. The van der Waals surface area contributed by atoms with Crippen molar-refractivity contribution >= 4 is 5.91 Å². The van der Waals surface area contributed by atoms with Gasteiger partial charge in [-0.15, -0.1) is 0 Å². The maximum absolute atomic E-state index is 12.6. The minimum absolute atomic E-state index is 0.0276. The molecule has 1 aromatic carbocycles. The van der Waals surface area contributed by atoms with Crippen LogP contribution in [0.5, 0.6) is 0 Å². The lowest BCUT2D eigenvalue weighted by atomic mass is 9.88. The van der Waals surface area contributed by atoms with Crippen LogP contribution in [0.4, 0.5) is 13.2 Å². The fourth-order valence-electron chi connectivity index (χ4n) is 1.60. The number of benzene rings is 1. The van der Waals surface area contributed by atoms with Gasteiger partial charge in [-0.1, -0.05) is 19.9 Å². The van der Waals surface area contributed by atoms with Crippen LogP contribution in [0.15, 0.2) is 24.3 Å². The maximum atomic E-state index is 12.6. The second-order valence-electron chi connectivity index (χ2n) is 5.31. The highest BCUT2D eigenvalue weighted by molar-refractivity contribution is 5.94. The van der Waals surface area contributed by atoms with Gasteiger partial charge in [-0.05, 0) is 31.0 Å². The third-order valence-electron chi connectivity index (χ3n) is 3.55. The topological polar surface area (TPSA) is 55.1 Å². The predicted molar refractivity (Wildman–Crippen MR) is 71.2 cm³/mol. The lowest BCUT2D eigenvalue weighted by Crippen LogP contribution is -2.55. The van der Waals surface area contributed by atoms with E-state index in [1.54, 1.807) is 6.92 Å². The molecule has 1 amide bonds. The normalized spacial score (nSPS) is 15.0. The molecule has 0 aliphatic rings. The minimum atomic E-state index is -4.47. The fourth-order valence-corrected chi connectivity index (χ4v) is 1.60. The lowest BCUT2D eigenvalue weighted by molar-refractivity contribution is -0.137. The molecule has 3 nitrogen and oxygen atoms in total. The van der Waals surface area contributed by atoms with Gasteiger partial charge in [0.15, 0.2) is 0 Å². The number of carbonyl (C=O) groups is 1. The van der Waals surface area contributed by atoms with Gasteiger partial charge in [0, 0.05) is 12.1 Å². The molecule has 20 heavy (non-hydrogen) atoms. The van der Waals surface area contributed by atoms with Crippen LogP contribution in [0.2, 0.25) is 0 Å². The summed E-state index contributed by atoms with van der Waals surface area (Å²) < 4.78 is 37.8. The lowest BCUT2D eigenvalue weighted by Gasteiger charge is -2.33. The van der Waals surface area contributed by atoms with E-state index in [1.807, 2.05) is 13.8 Å². The van der Waals surface area contributed by atoms with E-state index in [-0.39, 0.29) is 18.0 Å². The zero-order chi connectivity index (χ0) is 15.6. The second-order valence-corrected chi connectivity index (χ2v) is 5.31. The van der Waals surface area contributed by atoms with Crippen molar-refractivity contribution in [3.05, 3.63) is 35.4 Å². The molecule has 1 atom stereocenters. The Hall–Kier alpha value is -1.56. The summed E-state index contributed by atoms with van der Waals surface area (Å²) >= 11 is 0. The number of alkyl halides is 3. The zero-order valence-electron chi connectivity index (χ0n) is 11.7. The van der Waals surface area contributed by atoms with Crippen molar-refractivity contribution in [1.29, 1.82) is 0 Å². The van der Waals surface area contributed by atoms with Gasteiger partial charge in [-0.2, -0.15) is 13.2 Å². The summed E-state index contributed by atoms with van der Waals surface area (Å²) in [6.45, 7) is 5.75. The molecule has 0 aromatic heterocycles. The average Bonchev–Trinajstić information content (AvgIpc) is 2.37. The number of hydrogen-bond donors (Lipinski definition) is 2. The maximum Gasteiger partial charge on any atom is 0.416 e. The summed E-state index contributed by atoms with van der Waals surface area (Å²) in [6, 6.07) is 4.34. The molecule has 0 fully saturated rings. The Morgan fingerprint density at radius 2 is 1.95 bits per heavy atom. The number of nitrogens with two attached hydrogens (primary N) is 1. The molecule has 0 heterocycles. The van der Waals surface area contributed by atoms with E-state index >= 15 is 0 Å². The van der Waals surface area contributed by atoms with E-state index in [9.17, 15) is 18.0 Å². The number of hydrogen-bond acceptors (Lipinski definition) is 2. The molecular weight excluding hydrogens is 269 g/mol. The fraction of sp³-hybridized carbons (Fsp3) is 0.500. The van der Waals surface area contributed by atoms with Crippen molar-refractivity contribution in [2.75, 3.05) is 6.54 Å². The van der Waals surface area contributed by atoms with Crippen molar-refractivity contribution < 1.29 is 18.0 Å². The van der Waals surface area contributed by atoms with Crippen LogP contribution in [0.25, 0.3) is 0 Å². The van der Waals surface area contributed by atoms with E-state index in [0.29, 0.717) is 0 Å². The van der Waals surface area contributed by atoms with Crippen molar-refractivity contribution in [2.24, 2.45) is 11.7 Å². The molecule has 1 aromatic rings. The molecule has 0 saturated heterocycles. The summed E-state index contributed by atoms with van der Waals surface area (Å²) in [5.74, 6) is -0.500. The van der Waals surface area contributed by atoms with Gasteiger partial charge in [0.05, 0.1) is 11.1 Å². The Morgan fingerprint density at radius 1 is 1.35 bits per heavy atom. The monoisotopic (exact) mass is 288 g/mol. The highest BCUT2D eigenvalue weighted by atomic mass is 19.4. The first kappa shape index (κ1) is 16.5. The molecule has 0 saturated carbocycles. The highest BCUT2D eigenvalue weighted by Crippen LogP contribution is 2.29. The van der Waals surface area contributed by atoms with Crippen molar-refractivity contribution in [3.63, 3.8) is 0 Å². The van der Waals surface area contributed by atoms with Gasteiger partial charge in [0.25, 0.3) is 5.91 Å². The first-order valence-electron chi connectivity index (χ1n) is 6.30. The van der Waals surface area contributed by atoms with Crippen LogP contribution < -0.4 is 11.1 Å². The van der Waals surface area contributed by atoms with Crippen LogP contribution in [0, 0.1) is 5.92 Å². The Kier molecular flexibility index (Phi) is 4.81. The average molecular weight is 288 g/mol. The molecule has 112 valence electrons. The first-order chi connectivity index (χ1) is 9.10. The number of nitrogens with one attached hydrogen (secondary N) is 1. The Morgan fingerprint density at radius 3 is 2.40 bits per heavy atom. The first-order valence-corrected chi connectivity index (χ1v) is 6.30. The molecule has 6 heteroatoms. The SMILES string of the molecule is CC(C)C(C)(CN)NC(=O)c1cccc(C(F)(F)F)c1. The summed E-state index contributed by atoms with van der Waals surface area (Å²) in [5, 5.41) is 2.71. The predicted octanol–water partition coefficient (Wildman–Crippen LogP) is 2.81. The smallest absolute Gasteiger partial charge is 0.345 e. The van der Waals surface area contributed by atoms with E-state index < -0.39 is 23.2 Å². The largest absolute Gasteiger partial charge is 0.416 e. The zero-order valence-corrected chi connectivity index (χ0v) is 11.7. The Labute approximate surface area is 116 Å². The quantitative estimate of drug-likeness (QED) is 0.895. The third-order valence-corrected chi connectivity index (χ3v) is 3.55. The molecule has 3 N–H and O–H groups in total. The van der Waals surface area contributed by atoms with Gasteiger partial charge in [0.1, 0.15) is 0 Å². The standard InChI is InChI=1S/C14H19F3N2O/c1-9(2)13(3,8-18)19-12(20)10-5-4-6-11(7-10)14(15,16)17/h4-7,9H,8,18H2,1-3H3,(H,19,20). The van der Waals surface area contributed by atoms with Gasteiger partial charge in [-0.3, -0.25) is 4.79 Å². The summed E-state index contributed by atoms with van der Waals surface area (Å²) in [4.78, 5) is 12.1. The third kappa shape index (κ3) is 3.72.